The highest BCUT2D eigenvalue weighted by Crippen LogP contribution is 2.25. The Hall–Kier alpha value is -1.82. The van der Waals surface area contributed by atoms with Gasteiger partial charge < -0.3 is 14.8 Å². The third kappa shape index (κ3) is 2.70. The predicted molar refractivity (Wildman–Crippen MR) is 69.2 cm³/mol. The van der Waals surface area contributed by atoms with Crippen molar-refractivity contribution in [1.82, 2.24) is 4.98 Å². The molecule has 0 saturated carbocycles. The number of carbonyl (C=O) groups is 1. The molecule has 0 radical (unpaired) electrons. The highest BCUT2D eigenvalue weighted by molar-refractivity contribution is 7.11. The molecule has 0 aliphatic carbocycles. The van der Waals surface area contributed by atoms with E-state index in [9.17, 15) is 4.79 Å². The molecule has 0 saturated heterocycles. The van der Waals surface area contributed by atoms with Gasteiger partial charge in [-0.1, -0.05) is 6.92 Å². The Morgan fingerprint density at radius 1 is 1.61 bits per heavy atom. The number of anilines is 1. The fraction of sp³-hybridized carbons (Fsp3) is 0.333. The zero-order chi connectivity index (χ0) is 13.1. The van der Waals surface area contributed by atoms with Crippen molar-refractivity contribution in [3.63, 3.8) is 0 Å². The SMILES string of the molecule is CCc1cnc(C(C)Nc2ccc(C(=O)O)o2)s1. The van der Waals surface area contributed by atoms with E-state index in [0.717, 1.165) is 11.4 Å². The van der Waals surface area contributed by atoms with Gasteiger partial charge in [-0.15, -0.1) is 11.3 Å². The minimum atomic E-state index is -1.07. The summed E-state index contributed by atoms with van der Waals surface area (Å²) >= 11 is 1.64. The van der Waals surface area contributed by atoms with Gasteiger partial charge in [-0.25, -0.2) is 9.78 Å². The van der Waals surface area contributed by atoms with Crippen molar-refractivity contribution in [3.05, 3.63) is 34.0 Å². The summed E-state index contributed by atoms with van der Waals surface area (Å²) in [5.74, 6) is -0.704. The van der Waals surface area contributed by atoms with Gasteiger partial charge in [0.05, 0.1) is 6.04 Å². The van der Waals surface area contributed by atoms with Crippen molar-refractivity contribution in [2.75, 3.05) is 5.32 Å². The normalized spacial score (nSPS) is 12.3. The molecular weight excluding hydrogens is 252 g/mol. The van der Waals surface area contributed by atoms with E-state index in [1.165, 1.54) is 10.9 Å². The van der Waals surface area contributed by atoms with E-state index in [-0.39, 0.29) is 11.8 Å². The van der Waals surface area contributed by atoms with E-state index in [2.05, 4.69) is 17.2 Å². The average molecular weight is 266 g/mol. The van der Waals surface area contributed by atoms with Crippen molar-refractivity contribution in [2.24, 2.45) is 0 Å². The molecule has 96 valence electrons. The first-order valence-electron chi connectivity index (χ1n) is 5.64. The number of nitrogens with one attached hydrogen (secondary N) is 1. The van der Waals surface area contributed by atoms with Crippen LogP contribution in [-0.4, -0.2) is 16.1 Å². The van der Waals surface area contributed by atoms with Gasteiger partial charge in [-0.2, -0.15) is 0 Å². The van der Waals surface area contributed by atoms with Gasteiger partial charge in [0.1, 0.15) is 5.01 Å². The number of aromatic nitrogens is 1. The number of aryl methyl sites for hydroxylation is 1. The summed E-state index contributed by atoms with van der Waals surface area (Å²) in [4.78, 5) is 16.2. The van der Waals surface area contributed by atoms with Crippen LogP contribution in [0.25, 0.3) is 0 Å². The molecule has 2 aromatic heterocycles. The maximum atomic E-state index is 10.7. The van der Waals surface area contributed by atoms with Gasteiger partial charge in [-0.3, -0.25) is 0 Å². The molecule has 2 rings (SSSR count). The van der Waals surface area contributed by atoms with Crippen molar-refractivity contribution in [3.8, 4) is 0 Å². The molecule has 5 nitrogen and oxygen atoms in total. The topological polar surface area (TPSA) is 75.4 Å². The highest BCUT2D eigenvalue weighted by atomic mass is 32.1. The summed E-state index contributed by atoms with van der Waals surface area (Å²) in [6.45, 7) is 4.04. The Balaban J connectivity index is 2.05. The molecule has 1 atom stereocenters. The third-order valence-corrected chi connectivity index (χ3v) is 3.79. The third-order valence-electron chi connectivity index (χ3n) is 2.47. The summed E-state index contributed by atoms with van der Waals surface area (Å²) in [5, 5.41) is 12.8. The van der Waals surface area contributed by atoms with Crippen LogP contribution in [0.1, 0.15) is 40.3 Å². The minimum Gasteiger partial charge on any atom is -0.475 e. The van der Waals surface area contributed by atoms with E-state index in [0.29, 0.717) is 5.88 Å². The van der Waals surface area contributed by atoms with Crippen LogP contribution in [0.3, 0.4) is 0 Å². The zero-order valence-corrected chi connectivity index (χ0v) is 11.0. The summed E-state index contributed by atoms with van der Waals surface area (Å²) in [5.41, 5.74) is 0. The molecule has 1 unspecified atom stereocenters. The van der Waals surface area contributed by atoms with Crippen LogP contribution >= 0.6 is 11.3 Å². The summed E-state index contributed by atoms with van der Waals surface area (Å²) in [7, 11) is 0. The van der Waals surface area contributed by atoms with Gasteiger partial charge in [-0.05, 0) is 19.4 Å². The fourth-order valence-corrected chi connectivity index (χ4v) is 2.35. The van der Waals surface area contributed by atoms with Crippen LogP contribution in [0.15, 0.2) is 22.7 Å². The molecule has 0 amide bonds. The highest BCUT2D eigenvalue weighted by Gasteiger charge is 2.13. The van der Waals surface area contributed by atoms with Crippen molar-refractivity contribution >= 4 is 23.2 Å². The number of hydrogen-bond acceptors (Lipinski definition) is 5. The standard InChI is InChI=1S/C12H14N2O3S/c1-3-8-6-13-11(18-8)7(2)14-10-5-4-9(17-10)12(15)16/h4-7,14H,3H2,1-2H3,(H,15,16). The molecule has 0 fully saturated rings. The van der Waals surface area contributed by atoms with E-state index in [1.807, 2.05) is 13.1 Å². The lowest BCUT2D eigenvalue weighted by Crippen LogP contribution is -2.05. The van der Waals surface area contributed by atoms with Crippen LogP contribution in [0.2, 0.25) is 0 Å². The molecule has 18 heavy (non-hydrogen) atoms. The molecule has 0 bridgehead atoms. The second-order valence-corrected chi connectivity index (χ2v) is 5.00. The molecule has 0 aliphatic heterocycles. The number of furan rings is 1. The number of aromatic carboxylic acids is 1. The second kappa shape index (κ2) is 5.22. The molecular formula is C12H14N2O3S. The predicted octanol–water partition coefficient (Wildman–Crippen LogP) is 3.17. The maximum absolute atomic E-state index is 10.7. The van der Waals surface area contributed by atoms with Gasteiger partial charge in [0.15, 0.2) is 5.88 Å². The van der Waals surface area contributed by atoms with E-state index in [1.54, 1.807) is 17.4 Å². The lowest BCUT2D eigenvalue weighted by Gasteiger charge is -2.09. The van der Waals surface area contributed by atoms with Crippen LogP contribution in [0.4, 0.5) is 5.88 Å². The largest absolute Gasteiger partial charge is 0.475 e. The van der Waals surface area contributed by atoms with E-state index in [4.69, 9.17) is 9.52 Å². The van der Waals surface area contributed by atoms with Crippen molar-refractivity contribution < 1.29 is 14.3 Å². The molecule has 0 aromatic carbocycles. The lowest BCUT2D eigenvalue weighted by atomic mass is 10.3. The molecule has 0 spiro atoms. The van der Waals surface area contributed by atoms with Crippen molar-refractivity contribution in [1.29, 1.82) is 0 Å². The monoisotopic (exact) mass is 266 g/mol. The fourth-order valence-electron chi connectivity index (χ4n) is 1.49. The van der Waals surface area contributed by atoms with Crippen LogP contribution in [-0.2, 0) is 6.42 Å². The Morgan fingerprint density at radius 3 is 2.94 bits per heavy atom. The van der Waals surface area contributed by atoms with Gasteiger partial charge >= 0.3 is 5.97 Å². The average Bonchev–Trinajstić information content (AvgIpc) is 2.96. The van der Waals surface area contributed by atoms with Gasteiger partial charge in [0.2, 0.25) is 5.76 Å². The first-order chi connectivity index (χ1) is 8.60. The summed E-state index contributed by atoms with van der Waals surface area (Å²) in [6.07, 6.45) is 2.83. The molecule has 6 heteroatoms. The number of hydrogen-bond donors (Lipinski definition) is 2. The number of thiazole rings is 1. The maximum Gasteiger partial charge on any atom is 0.371 e. The van der Waals surface area contributed by atoms with Crippen LogP contribution < -0.4 is 5.32 Å². The molecule has 2 N–H and O–H groups in total. The van der Waals surface area contributed by atoms with Gasteiger partial charge in [0, 0.05) is 17.1 Å². The Labute approximate surface area is 108 Å². The molecule has 0 aliphatic rings. The van der Waals surface area contributed by atoms with E-state index < -0.39 is 5.97 Å². The molecule has 2 heterocycles. The smallest absolute Gasteiger partial charge is 0.371 e. The van der Waals surface area contributed by atoms with Crippen LogP contribution in [0.5, 0.6) is 0 Å². The van der Waals surface area contributed by atoms with Gasteiger partial charge in [0.25, 0.3) is 0 Å². The van der Waals surface area contributed by atoms with E-state index >= 15 is 0 Å². The first-order valence-corrected chi connectivity index (χ1v) is 6.46. The Morgan fingerprint density at radius 2 is 2.39 bits per heavy atom. The van der Waals surface area contributed by atoms with Crippen molar-refractivity contribution in [2.45, 2.75) is 26.3 Å². The lowest BCUT2D eigenvalue weighted by molar-refractivity contribution is 0.0663. The summed E-state index contributed by atoms with van der Waals surface area (Å²) < 4.78 is 5.14. The number of carboxylic acid groups (broad SMARTS) is 1. The molecule has 2 aromatic rings. The first kappa shape index (κ1) is 12.6. The number of rotatable bonds is 5. The minimum absolute atomic E-state index is 0.0110. The second-order valence-electron chi connectivity index (χ2n) is 3.85. The summed E-state index contributed by atoms with van der Waals surface area (Å²) in [6, 6.07) is 3.02. The zero-order valence-electron chi connectivity index (χ0n) is 10.1. The Kier molecular flexibility index (Phi) is 3.66. The number of carboxylic acids is 1. The number of nitrogens with zero attached hydrogens (tertiary/aromatic N) is 1. The quantitative estimate of drug-likeness (QED) is 0.869. The Bertz CT molecular complexity index is 547. The van der Waals surface area contributed by atoms with Crippen LogP contribution in [0, 0.1) is 0 Å².